The van der Waals surface area contributed by atoms with Crippen molar-refractivity contribution < 1.29 is 9.18 Å². The number of halogens is 2. The predicted octanol–water partition coefficient (Wildman–Crippen LogP) is 5.38. The molecule has 0 aromatic heterocycles. The summed E-state index contributed by atoms with van der Waals surface area (Å²) in [6, 6.07) is 11.1. The van der Waals surface area contributed by atoms with Crippen LogP contribution in [0.3, 0.4) is 0 Å². The molecule has 1 unspecified atom stereocenters. The molecule has 1 fully saturated rings. The van der Waals surface area contributed by atoms with E-state index in [1.807, 2.05) is 4.90 Å². The van der Waals surface area contributed by atoms with Crippen LogP contribution in [-0.4, -0.2) is 110 Å². The van der Waals surface area contributed by atoms with Gasteiger partial charge in [0.05, 0.1) is 5.02 Å². The van der Waals surface area contributed by atoms with Gasteiger partial charge in [0.25, 0.3) is 0 Å². The summed E-state index contributed by atoms with van der Waals surface area (Å²) >= 11 is 5.99. The first kappa shape index (κ1) is 30.0. The maximum atomic E-state index is 13.7. The highest BCUT2D eigenvalue weighted by atomic mass is 35.5. The lowest BCUT2D eigenvalue weighted by Crippen LogP contribution is -2.48. The molecule has 0 bridgehead atoms. The molecule has 0 spiro atoms. The Labute approximate surface area is 239 Å². The lowest BCUT2D eigenvalue weighted by Gasteiger charge is -2.48. The molecule has 2 aromatic rings. The van der Waals surface area contributed by atoms with Gasteiger partial charge in [0.2, 0.25) is 0 Å². The number of likely N-dealkylation sites (N-methyl/N-ethyl adjacent to an activating group) is 1. The van der Waals surface area contributed by atoms with E-state index in [1.54, 1.807) is 6.07 Å². The summed E-state index contributed by atoms with van der Waals surface area (Å²) < 4.78 is 16.0. The van der Waals surface area contributed by atoms with Crippen molar-refractivity contribution in [3.05, 3.63) is 58.4 Å². The minimum Gasteiger partial charge on any atom is -0.321 e. The highest BCUT2D eigenvalue weighted by molar-refractivity contribution is 8.43. The van der Waals surface area contributed by atoms with E-state index in [1.165, 1.54) is 28.2 Å². The first-order valence-electron chi connectivity index (χ1n) is 13.8. The van der Waals surface area contributed by atoms with E-state index in [-0.39, 0.29) is 17.1 Å². The Kier molecular flexibility index (Phi) is 9.13. The molecule has 2 amide bonds. The quantitative estimate of drug-likeness (QED) is 0.428. The van der Waals surface area contributed by atoms with Gasteiger partial charge in [-0.2, -0.15) is 8.94 Å². The minimum absolute atomic E-state index is 0.00222. The summed E-state index contributed by atoms with van der Waals surface area (Å²) in [4.78, 5) is 21.8. The van der Waals surface area contributed by atoms with Crippen molar-refractivity contribution in [2.45, 2.75) is 36.6 Å². The molecule has 9 heteroatoms. The first-order valence-corrected chi connectivity index (χ1v) is 17.2. The number of fused-ring (bicyclic) bond motifs is 1. The number of piperazine rings is 1. The molecular formula is C30H45ClFN5OS. The molecule has 1 atom stereocenters. The third-order valence-corrected chi connectivity index (χ3v) is 13.0. The fourth-order valence-electron chi connectivity index (χ4n) is 5.35. The van der Waals surface area contributed by atoms with Gasteiger partial charge in [-0.1, -0.05) is 23.5 Å². The Hall–Kier alpha value is -1.97. The van der Waals surface area contributed by atoms with Crippen LogP contribution in [0.5, 0.6) is 0 Å². The van der Waals surface area contributed by atoms with Crippen molar-refractivity contribution in [2.75, 3.05) is 78.2 Å². The number of benzene rings is 2. The number of nitrogens with zero attached hydrogens (tertiary/aromatic N) is 4. The molecule has 1 heterocycles. The number of amides is 2. The van der Waals surface area contributed by atoms with Crippen LogP contribution in [0.4, 0.5) is 14.9 Å². The van der Waals surface area contributed by atoms with Gasteiger partial charge in [0.1, 0.15) is 5.82 Å². The van der Waals surface area contributed by atoms with Crippen LogP contribution < -0.4 is 5.32 Å². The van der Waals surface area contributed by atoms with Gasteiger partial charge in [-0.3, -0.25) is 4.31 Å². The second-order valence-electron chi connectivity index (χ2n) is 12.0. The zero-order valence-corrected chi connectivity index (χ0v) is 25.8. The minimum atomic E-state index is -2.16. The number of hydrogen-bond donors (Lipinski definition) is 1. The van der Waals surface area contributed by atoms with Crippen LogP contribution in [0.25, 0.3) is 0 Å². The first-order chi connectivity index (χ1) is 18.3. The normalized spacial score (nSPS) is 19.8. The summed E-state index contributed by atoms with van der Waals surface area (Å²) in [5, 5.41) is 2.99. The molecule has 39 heavy (non-hydrogen) atoms. The Morgan fingerprint density at radius 2 is 1.85 bits per heavy atom. The number of carbonyl (C=O) groups excluding carboxylic acids is 1. The highest BCUT2D eigenvalue weighted by Crippen LogP contribution is 2.59. The summed E-state index contributed by atoms with van der Waals surface area (Å²) in [5.74, 6) is 4.17. The number of carbonyl (C=O) groups is 1. The third-order valence-electron chi connectivity index (χ3n) is 8.64. The molecule has 6 nitrogen and oxygen atoms in total. The summed E-state index contributed by atoms with van der Waals surface area (Å²) in [6.07, 6.45) is 8.08. The zero-order valence-electron chi connectivity index (χ0n) is 24.2. The van der Waals surface area contributed by atoms with Crippen LogP contribution in [0.1, 0.15) is 24.0 Å². The van der Waals surface area contributed by atoms with Crippen LogP contribution in [-0.2, 0) is 12.8 Å². The van der Waals surface area contributed by atoms with E-state index >= 15 is 0 Å². The summed E-state index contributed by atoms with van der Waals surface area (Å²) in [6.45, 7) is 5.92. The predicted molar refractivity (Wildman–Crippen MR) is 166 cm³/mol. The molecule has 4 rings (SSSR count). The fraction of sp³-hybridized carbons (Fsp3) is 0.533. The average Bonchev–Trinajstić information content (AvgIpc) is 2.89. The Bertz CT molecular complexity index is 1250. The van der Waals surface area contributed by atoms with Gasteiger partial charge >= 0.3 is 6.03 Å². The number of nitrogens with one attached hydrogen (secondary N) is 1. The highest BCUT2D eigenvalue weighted by Gasteiger charge is 2.30. The van der Waals surface area contributed by atoms with Gasteiger partial charge in [0.15, 0.2) is 0 Å². The second-order valence-corrected chi connectivity index (χ2v) is 17.9. The molecular weight excluding hydrogens is 533 g/mol. The number of urea groups is 1. The van der Waals surface area contributed by atoms with Gasteiger partial charge in [-0.25, -0.2) is 9.18 Å². The monoisotopic (exact) mass is 577 g/mol. The number of aryl methyl sites for hydroxylation is 1. The van der Waals surface area contributed by atoms with Crippen LogP contribution in [0.15, 0.2) is 41.3 Å². The van der Waals surface area contributed by atoms with Crippen molar-refractivity contribution in [2.24, 2.45) is 0 Å². The Morgan fingerprint density at radius 1 is 1.13 bits per heavy atom. The van der Waals surface area contributed by atoms with Crippen molar-refractivity contribution in [1.82, 2.24) is 19.0 Å². The van der Waals surface area contributed by atoms with Crippen LogP contribution in [0.2, 0.25) is 5.02 Å². The van der Waals surface area contributed by atoms with E-state index in [4.69, 9.17) is 11.6 Å². The van der Waals surface area contributed by atoms with E-state index in [0.717, 1.165) is 58.4 Å². The molecule has 1 N–H and O–H groups in total. The standard InChI is InChI=1S/C30H45ClFN5OS/c1-34(2)39(4,5,6)27-12-9-23-8-11-26(20-24(23)21-27)37(15-7-14-36-18-16-35(3)17-19-36)30(38)33-25-10-13-29(32)28(31)22-25/h9-10,12-13,21-22,26H,4,7-8,11,14-20H2,1-3,5-6H3,(H,33,38). The van der Waals surface area contributed by atoms with Gasteiger partial charge < -0.3 is 20.0 Å². The largest absolute Gasteiger partial charge is 0.322 e. The second kappa shape index (κ2) is 11.9. The zero-order chi connectivity index (χ0) is 28.4. The van der Waals surface area contributed by atoms with E-state index in [2.05, 4.69) is 77.1 Å². The van der Waals surface area contributed by atoms with Gasteiger partial charge in [-0.05, 0) is 112 Å². The topological polar surface area (TPSA) is 42.1 Å². The number of rotatable bonds is 8. The molecule has 1 saturated heterocycles. The van der Waals surface area contributed by atoms with E-state index in [0.29, 0.717) is 12.2 Å². The smallest absolute Gasteiger partial charge is 0.321 e. The van der Waals surface area contributed by atoms with E-state index in [9.17, 15) is 9.18 Å². The molecule has 1 aliphatic carbocycles. The average molecular weight is 578 g/mol. The maximum Gasteiger partial charge on any atom is 0.322 e. The molecule has 0 saturated carbocycles. The summed E-state index contributed by atoms with van der Waals surface area (Å²) in [7, 11) is 4.21. The molecule has 216 valence electrons. The molecule has 2 aliphatic rings. The lowest BCUT2D eigenvalue weighted by molar-refractivity contribution is 0.140. The number of anilines is 1. The van der Waals surface area contributed by atoms with Crippen molar-refractivity contribution in [1.29, 1.82) is 0 Å². The van der Waals surface area contributed by atoms with Crippen molar-refractivity contribution >= 4 is 38.1 Å². The Balaban J connectivity index is 1.53. The molecule has 0 radical (unpaired) electrons. The number of hydrogen-bond acceptors (Lipinski definition) is 4. The van der Waals surface area contributed by atoms with E-state index < -0.39 is 14.8 Å². The Morgan fingerprint density at radius 3 is 2.51 bits per heavy atom. The van der Waals surface area contributed by atoms with Crippen LogP contribution >= 0.6 is 20.5 Å². The van der Waals surface area contributed by atoms with Crippen LogP contribution in [0, 0.1) is 5.82 Å². The van der Waals surface area contributed by atoms with Gasteiger partial charge in [-0.15, -0.1) is 0 Å². The summed E-state index contributed by atoms with van der Waals surface area (Å²) in [5.41, 5.74) is 3.17. The third kappa shape index (κ3) is 7.03. The van der Waals surface area contributed by atoms with Crippen molar-refractivity contribution in [3.8, 4) is 0 Å². The molecule has 1 aliphatic heterocycles. The molecule has 2 aromatic carbocycles. The maximum absolute atomic E-state index is 13.7. The van der Waals surface area contributed by atoms with Crippen molar-refractivity contribution in [3.63, 3.8) is 0 Å². The lowest BCUT2D eigenvalue weighted by atomic mass is 9.87. The SMILES string of the molecule is C=S(C)(C)(c1ccc2c(c1)CC(N(CCCN1CCN(C)CC1)C(=O)Nc1ccc(F)c(Cl)c1)CC2)N(C)C. The van der Waals surface area contributed by atoms with Gasteiger partial charge in [0, 0.05) is 44.5 Å². The fourth-order valence-corrected chi connectivity index (χ4v) is 6.96.